The number of anilines is 1. The number of nitrogens with one attached hydrogen (secondary N) is 2. The number of amides is 2. The van der Waals surface area contributed by atoms with Crippen molar-refractivity contribution in [3.05, 3.63) is 51.9 Å². The Morgan fingerprint density at radius 2 is 1.63 bits per heavy atom. The first-order valence-electron chi connectivity index (χ1n) is 10.5. The van der Waals surface area contributed by atoms with Crippen molar-refractivity contribution < 1.29 is 38.9 Å². The van der Waals surface area contributed by atoms with Crippen LogP contribution in [-0.4, -0.2) is 78.6 Å². The first-order valence-corrected chi connectivity index (χ1v) is 11.3. The third-order valence-electron chi connectivity index (χ3n) is 4.38. The van der Waals surface area contributed by atoms with E-state index in [9.17, 15) is 14.4 Å². The van der Waals surface area contributed by atoms with Gasteiger partial charge in [0.15, 0.2) is 0 Å². The second kappa shape index (κ2) is 14.5. The summed E-state index contributed by atoms with van der Waals surface area (Å²) in [6.45, 7) is 4.35. The van der Waals surface area contributed by atoms with Gasteiger partial charge < -0.3 is 30.5 Å². The highest BCUT2D eigenvalue weighted by Crippen LogP contribution is 2.34. The van der Waals surface area contributed by atoms with Crippen molar-refractivity contribution in [1.82, 2.24) is 10.2 Å². The lowest BCUT2D eigenvalue weighted by molar-refractivity contribution is -0.159. The van der Waals surface area contributed by atoms with Gasteiger partial charge in [0.25, 0.3) is 5.91 Å². The van der Waals surface area contributed by atoms with Crippen LogP contribution in [0.1, 0.15) is 38.1 Å². The van der Waals surface area contributed by atoms with Crippen molar-refractivity contribution in [3.63, 3.8) is 0 Å². The fourth-order valence-corrected chi connectivity index (χ4v) is 3.94. The van der Waals surface area contributed by atoms with Crippen molar-refractivity contribution in [1.29, 1.82) is 0 Å². The van der Waals surface area contributed by atoms with E-state index in [-0.39, 0.29) is 30.5 Å². The molecule has 0 aliphatic carbocycles. The van der Waals surface area contributed by atoms with Crippen LogP contribution in [0.25, 0.3) is 0 Å². The van der Waals surface area contributed by atoms with E-state index in [1.165, 1.54) is 10.5 Å². The molecule has 1 heterocycles. The Bertz CT molecular complexity index is 1040. The van der Waals surface area contributed by atoms with Gasteiger partial charge in [-0.2, -0.15) is 0 Å². The quantitative estimate of drug-likeness (QED) is 0.225. The molecule has 35 heavy (non-hydrogen) atoms. The summed E-state index contributed by atoms with van der Waals surface area (Å²) in [5.41, 5.74) is 1.94. The predicted octanol–water partition coefficient (Wildman–Crippen LogP) is 1.86. The molecule has 4 N–H and O–H groups in total. The number of aliphatic carboxylic acids is 2. The van der Waals surface area contributed by atoms with E-state index < -0.39 is 17.9 Å². The summed E-state index contributed by atoms with van der Waals surface area (Å²) in [7, 11) is 3.28. The summed E-state index contributed by atoms with van der Waals surface area (Å²) < 4.78 is 5.11. The van der Waals surface area contributed by atoms with Crippen LogP contribution in [0.4, 0.5) is 5.00 Å². The fraction of sp³-hybridized carbons (Fsp3) is 0.348. The van der Waals surface area contributed by atoms with E-state index in [2.05, 4.69) is 10.6 Å². The van der Waals surface area contributed by atoms with Gasteiger partial charge in [-0.05, 0) is 37.9 Å². The molecule has 0 unspecified atom stereocenters. The first-order chi connectivity index (χ1) is 16.5. The molecule has 0 bridgehead atoms. The number of rotatable bonds is 9. The van der Waals surface area contributed by atoms with Crippen LogP contribution in [0.15, 0.2) is 30.3 Å². The van der Waals surface area contributed by atoms with Crippen LogP contribution in [0.2, 0.25) is 0 Å². The SMILES string of the molecule is CCOC(=O)c1c(NC(=O)CNCCc2ccccc2)sc(C(=O)N(C)C)c1C.O=C(O)C(=O)O. The molecular weight excluding hydrogens is 478 g/mol. The zero-order chi connectivity index (χ0) is 26.5. The van der Waals surface area contributed by atoms with Crippen LogP contribution < -0.4 is 10.6 Å². The van der Waals surface area contributed by atoms with E-state index >= 15 is 0 Å². The molecule has 2 amide bonds. The number of ether oxygens (including phenoxy) is 1. The van der Waals surface area contributed by atoms with Gasteiger partial charge in [0, 0.05) is 14.1 Å². The normalized spacial score (nSPS) is 9.94. The third kappa shape index (κ3) is 9.55. The second-order valence-electron chi connectivity index (χ2n) is 7.25. The second-order valence-corrected chi connectivity index (χ2v) is 8.27. The Morgan fingerprint density at radius 3 is 2.14 bits per heavy atom. The number of esters is 1. The van der Waals surface area contributed by atoms with Gasteiger partial charge in [0.05, 0.1) is 23.6 Å². The molecule has 0 saturated heterocycles. The van der Waals surface area contributed by atoms with E-state index in [1.54, 1.807) is 27.9 Å². The van der Waals surface area contributed by atoms with E-state index in [0.717, 1.165) is 17.8 Å². The van der Waals surface area contributed by atoms with Crippen molar-refractivity contribution in [3.8, 4) is 0 Å². The van der Waals surface area contributed by atoms with Gasteiger partial charge in [0.2, 0.25) is 5.91 Å². The number of carboxylic acid groups (broad SMARTS) is 2. The van der Waals surface area contributed by atoms with Gasteiger partial charge in [-0.25, -0.2) is 14.4 Å². The number of nitrogens with zero attached hydrogens (tertiary/aromatic N) is 1. The van der Waals surface area contributed by atoms with Crippen molar-refractivity contribution in [2.24, 2.45) is 0 Å². The monoisotopic (exact) mass is 507 g/mol. The summed E-state index contributed by atoms with van der Waals surface area (Å²) >= 11 is 1.09. The fourth-order valence-electron chi connectivity index (χ4n) is 2.71. The number of hydrogen-bond acceptors (Lipinski definition) is 8. The summed E-state index contributed by atoms with van der Waals surface area (Å²) in [6.07, 6.45) is 0.807. The van der Waals surface area contributed by atoms with Crippen LogP contribution in [0.3, 0.4) is 0 Å². The molecule has 0 atom stereocenters. The summed E-state index contributed by atoms with van der Waals surface area (Å²) in [5.74, 6) is -4.70. The lowest BCUT2D eigenvalue weighted by Crippen LogP contribution is -2.29. The van der Waals surface area contributed by atoms with E-state index in [4.69, 9.17) is 24.5 Å². The van der Waals surface area contributed by atoms with Crippen molar-refractivity contribution >= 4 is 46.1 Å². The highest BCUT2D eigenvalue weighted by Gasteiger charge is 2.27. The Hall–Kier alpha value is -3.77. The predicted molar refractivity (Wildman–Crippen MR) is 130 cm³/mol. The molecular formula is C23H29N3O8S. The van der Waals surface area contributed by atoms with Crippen LogP contribution >= 0.6 is 11.3 Å². The largest absolute Gasteiger partial charge is 0.473 e. The van der Waals surface area contributed by atoms with E-state index in [0.29, 0.717) is 22.0 Å². The Morgan fingerprint density at radius 1 is 1.03 bits per heavy atom. The zero-order valence-corrected chi connectivity index (χ0v) is 20.7. The Balaban J connectivity index is 0.000000905. The molecule has 0 aliphatic heterocycles. The smallest absolute Gasteiger partial charge is 0.414 e. The Kier molecular flexibility index (Phi) is 12.1. The van der Waals surface area contributed by atoms with Crippen LogP contribution in [0.5, 0.6) is 0 Å². The Labute approximate surface area is 206 Å². The molecule has 11 nitrogen and oxygen atoms in total. The molecule has 0 radical (unpaired) electrons. The molecule has 1 aromatic heterocycles. The maximum atomic E-state index is 12.4. The van der Waals surface area contributed by atoms with Gasteiger partial charge >= 0.3 is 17.9 Å². The third-order valence-corrected chi connectivity index (χ3v) is 5.58. The van der Waals surface area contributed by atoms with Gasteiger partial charge in [0.1, 0.15) is 5.00 Å². The summed E-state index contributed by atoms with van der Waals surface area (Å²) in [4.78, 5) is 57.2. The lowest BCUT2D eigenvalue weighted by Gasteiger charge is -2.09. The number of carbonyl (C=O) groups excluding carboxylic acids is 3. The molecule has 0 fully saturated rings. The molecule has 2 rings (SSSR count). The minimum absolute atomic E-state index is 0.100. The van der Waals surface area contributed by atoms with Crippen molar-refractivity contribution in [2.75, 3.05) is 39.1 Å². The molecule has 0 aliphatic rings. The topological polar surface area (TPSA) is 162 Å². The van der Waals surface area contributed by atoms with E-state index in [1.807, 2.05) is 30.3 Å². The van der Waals surface area contributed by atoms with Gasteiger partial charge in [-0.3, -0.25) is 9.59 Å². The molecule has 190 valence electrons. The van der Waals surface area contributed by atoms with Gasteiger partial charge in [-0.1, -0.05) is 30.3 Å². The lowest BCUT2D eigenvalue weighted by atomic mass is 10.1. The number of benzene rings is 1. The van der Waals surface area contributed by atoms with Gasteiger partial charge in [-0.15, -0.1) is 11.3 Å². The highest BCUT2D eigenvalue weighted by atomic mass is 32.1. The number of hydrogen-bond donors (Lipinski definition) is 4. The minimum atomic E-state index is -1.82. The first kappa shape index (κ1) is 29.3. The average molecular weight is 508 g/mol. The maximum absolute atomic E-state index is 12.4. The van der Waals surface area contributed by atoms with Crippen LogP contribution in [-0.2, 0) is 25.5 Å². The molecule has 12 heteroatoms. The number of carbonyl (C=O) groups is 5. The summed E-state index contributed by atoms with van der Waals surface area (Å²) in [5, 5.41) is 21.0. The van der Waals surface area contributed by atoms with Crippen LogP contribution in [0, 0.1) is 6.92 Å². The highest BCUT2D eigenvalue weighted by molar-refractivity contribution is 7.18. The minimum Gasteiger partial charge on any atom is -0.473 e. The average Bonchev–Trinajstić information content (AvgIpc) is 3.12. The zero-order valence-electron chi connectivity index (χ0n) is 19.9. The molecule has 0 saturated carbocycles. The molecule has 2 aromatic rings. The molecule has 1 aromatic carbocycles. The number of thiophene rings is 1. The number of carboxylic acids is 2. The summed E-state index contributed by atoms with van der Waals surface area (Å²) in [6, 6.07) is 9.98. The molecule has 0 spiro atoms. The maximum Gasteiger partial charge on any atom is 0.414 e. The standard InChI is InChI=1S/C21H27N3O4S.C2H2O4/c1-5-28-21(27)17-14(2)18(20(26)24(3)4)29-19(17)23-16(25)13-22-12-11-15-9-7-6-8-10-15;3-1(4)2(5)6/h6-10,22H,5,11-13H2,1-4H3,(H,23,25);(H,3,4)(H,5,6). The van der Waals surface area contributed by atoms with Crippen molar-refractivity contribution in [2.45, 2.75) is 20.3 Å².